The number of hydrogen-bond acceptors (Lipinski definition) is 3. The monoisotopic (exact) mass is 339 g/mol. The van der Waals surface area contributed by atoms with Gasteiger partial charge in [0, 0.05) is 17.3 Å². The highest BCUT2D eigenvalue weighted by molar-refractivity contribution is 9.09. The van der Waals surface area contributed by atoms with Gasteiger partial charge in [-0.1, -0.05) is 39.1 Å². The van der Waals surface area contributed by atoms with Gasteiger partial charge in [0.15, 0.2) is 0 Å². The van der Waals surface area contributed by atoms with Crippen LogP contribution in [0.25, 0.3) is 0 Å². The lowest BCUT2D eigenvalue weighted by atomic mass is 10.2. The third kappa shape index (κ3) is 4.89. The SMILES string of the molecule is O=C(CCBr)NNC(=O)c1cc(Cl)nc(Cl)c1. The number of nitrogens with zero attached hydrogens (tertiary/aromatic N) is 1. The van der Waals surface area contributed by atoms with Gasteiger partial charge in [0.25, 0.3) is 5.91 Å². The minimum atomic E-state index is -0.515. The standard InChI is InChI=1S/C9H8BrCl2N3O2/c10-2-1-8(16)14-15-9(17)5-3-6(11)13-7(12)4-5/h3-4H,1-2H2,(H,14,16)(H,15,17). The Morgan fingerprint density at radius 2 is 1.82 bits per heavy atom. The van der Waals surface area contributed by atoms with Gasteiger partial charge in [0.1, 0.15) is 10.3 Å². The van der Waals surface area contributed by atoms with Crippen molar-refractivity contribution in [2.45, 2.75) is 6.42 Å². The minimum absolute atomic E-state index is 0.106. The zero-order chi connectivity index (χ0) is 12.8. The molecule has 8 heteroatoms. The van der Waals surface area contributed by atoms with E-state index in [4.69, 9.17) is 23.2 Å². The van der Waals surface area contributed by atoms with Crippen molar-refractivity contribution in [2.75, 3.05) is 5.33 Å². The van der Waals surface area contributed by atoms with Gasteiger partial charge in [-0.3, -0.25) is 20.4 Å². The molecule has 1 heterocycles. The largest absolute Gasteiger partial charge is 0.273 e. The molecule has 0 aliphatic rings. The molecular weight excluding hydrogens is 333 g/mol. The first-order valence-electron chi connectivity index (χ1n) is 4.51. The van der Waals surface area contributed by atoms with E-state index in [0.717, 1.165) is 0 Å². The Morgan fingerprint density at radius 3 is 2.35 bits per heavy atom. The molecule has 1 aromatic heterocycles. The topological polar surface area (TPSA) is 71.1 Å². The fraction of sp³-hybridized carbons (Fsp3) is 0.222. The van der Waals surface area contributed by atoms with Gasteiger partial charge < -0.3 is 0 Å². The van der Waals surface area contributed by atoms with Gasteiger partial charge >= 0.3 is 0 Å². The second-order valence-corrected chi connectivity index (χ2v) is 4.51. The highest BCUT2D eigenvalue weighted by Crippen LogP contribution is 2.14. The van der Waals surface area contributed by atoms with Crippen molar-refractivity contribution < 1.29 is 9.59 Å². The number of nitrogens with one attached hydrogen (secondary N) is 2. The van der Waals surface area contributed by atoms with Crippen LogP contribution in [0, 0.1) is 0 Å². The van der Waals surface area contributed by atoms with E-state index in [1.54, 1.807) is 0 Å². The van der Waals surface area contributed by atoms with Crippen molar-refractivity contribution >= 4 is 50.9 Å². The zero-order valence-electron chi connectivity index (χ0n) is 8.47. The number of hydrazine groups is 1. The summed E-state index contributed by atoms with van der Waals surface area (Å²) in [6, 6.07) is 2.69. The van der Waals surface area contributed by atoms with E-state index in [9.17, 15) is 9.59 Å². The summed E-state index contributed by atoms with van der Waals surface area (Å²) in [5.41, 5.74) is 4.70. The van der Waals surface area contributed by atoms with Gasteiger partial charge in [-0.2, -0.15) is 0 Å². The van der Waals surface area contributed by atoms with E-state index in [1.807, 2.05) is 0 Å². The second-order valence-electron chi connectivity index (χ2n) is 2.94. The number of hydrogen-bond donors (Lipinski definition) is 2. The summed E-state index contributed by atoms with van der Waals surface area (Å²) in [6.45, 7) is 0. The van der Waals surface area contributed by atoms with Crippen molar-refractivity contribution in [1.29, 1.82) is 0 Å². The number of carbonyl (C=O) groups is 2. The molecule has 0 atom stereocenters. The van der Waals surface area contributed by atoms with Crippen LogP contribution in [0.15, 0.2) is 12.1 Å². The minimum Gasteiger partial charge on any atom is -0.273 e. The molecule has 0 aliphatic heterocycles. The Bertz CT molecular complexity index is 422. The third-order valence-corrected chi connectivity index (χ3v) is 2.45. The molecule has 0 fully saturated rings. The first-order chi connectivity index (χ1) is 8.02. The predicted molar refractivity (Wildman–Crippen MR) is 68.3 cm³/mol. The quantitative estimate of drug-likeness (QED) is 0.502. The molecule has 0 aliphatic carbocycles. The maximum atomic E-state index is 11.6. The molecular formula is C9H8BrCl2N3O2. The molecule has 1 aromatic rings. The number of pyridine rings is 1. The van der Waals surface area contributed by atoms with E-state index in [1.165, 1.54) is 12.1 Å². The van der Waals surface area contributed by atoms with Crippen molar-refractivity contribution in [2.24, 2.45) is 0 Å². The van der Waals surface area contributed by atoms with Crippen LogP contribution in [-0.4, -0.2) is 22.1 Å². The van der Waals surface area contributed by atoms with Crippen LogP contribution in [0.3, 0.4) is 0 Å². The second kappa shape index (κ2) is 6.78. The summed E-state index contributed by atoms with van der Waals surface area (Å²) >= 11 is 14.4. The Hall–Kier alpha value is -0.850. The molecule has 0 saturated heterocycles. The zero-order valence-corrected chi connectivity index (χ0v) is 11.6. The molecule has 2 N–H and O–H groups in total. The van der Waals surface area contributed by atoms with Gasteiger partial charge in [-0.05, 0) is 12.1 Å². The molecule has 0 bridgehead atoms. The molecule has 0 saturated carbocycles. The normalized spacial score (nSPS) is 9.82. The van der Waals surface area contributed by atoms with Gasteiger partial charge in [0.05, 0.1) is 0 Å². The summed E-state index contributed by atoms with van der Waals surface area (Å²) < 4.78 is 0. The molecule has 0 spiro atoms. The first-order valence-corrected chi connectivity index (χ1v) is 6.39. The summed E-state index contributed by atoms with van der Waals surface area (Å²) in [5, 5.41) is 0.727. The highest BCUT2D eigenvalue weighted by atomic mass is 79.9. The molecule has 0 radical (unpaired) electrons. The van der Waals surface area contributed by atoms with E-state index in [2.05, 4.69) is 31.8 Å². The highest BCUT2D eigenvalue weighted by Gasteiger charge is 2.09. The van der Waals surface area contributed by atoms with Crippen molar-refractivity contribution in [3.63, 3.8) is 0 Å². The van der Waals surface area contributed by atoms with Crippen molar-refractivity contribution in [3.8, 4) is 0 Å². The van der Waals surface area contributed by atoms with E-state index in [-0.39, 0.29) is 28.2 Å². The first kappa shape index (κ1) is 14.2. The number of rotatable bonds is 3. The fourth-order valence-electron chi connectivity index (χ4n) is 0.943. The van der Waals surface area contributed by atoms with Crippen LogP contribution in [0.1, 0.15) is 16.8 Å². The molecule has 1 rings (SSSR count). The fourth-order valence-corrected chi connectivity index (χ4v) is 1.76. The lowest BCUT2D eigenvalue weighted by Gasteiger charge is -2.06. The third-order valence-electron chi connectivity index (χ3n) is 1.66. The van der Waals surface area contributed by atoms with Crippen LogP contribution >= 0.6 is 39.1 Å². The van der Waals surface area contributed by atoms with Crippen LogP contribution in [0.5, 0.6) is 0 Å². The number of halogens is 3. The lowest BCUT2D eigenvalue weighted by Crippen LogP contribution is -2.41. The summed E-state index contributed by atoms with van der Waals surface area (Å²) in [5.74, 6) is -0.819. The molecule has 0 unspecified atom stereocenters. The summed E-state index contributed by atoms with van der Waals surface area (Å²) in [6.07, 6.45) is 0.262. The summed E-state index contributed by atoms with van der Waals surface area (Å²) in [7, 11) is 0. The van der Waals surface area contributed by atoms with E-state index < -0.39 is 5.91 Å². The van der Waals surface area contributed by atoms with Crippen molar-refractivity contribution in [3.05, 3.63) is 28.0 Å². The number of alkyl halides is 1. The predicted octanol–water partition coefficient (Wildman–Crippen LogP) is 1.93. The number of aromatic nitrogens is 1. The average molecular weight is 341 g/mol. The van der Waals surface area contributed by atoms with Crippen LogP contribution in [0.4, 0.5) is 0 Å². The van der Waals surface area contributed by atoms with E-state index in [0.29, 0.717) is 5.33 Å². The molecule has 92 valence electrons. The van der Waals surface area contributed by atoms with Crippen LogP contribution < -0.4 is 10.9 Å². The molecule has 5 nitrogen and oxygen atoms in total. The molecule has 2 amide bonds. The van der Waals surface area contributed by atoms with Gasteiger partial charge in [0.2, 0.25) is 5.91 Å². The summed E-state index contributed by atoms with van der Waals surface area (Å²) in [4.78, 5) is 26.4. The number of amides is 2. The maximum absolute atomic E-state index is 11.6. The average Bonchev–Trinajstić information content (AvgIpc) is 2.25. The Labute approximate surface area is 116 Å². The Morgan fingerprint density at radius 1 is 1.24 bits per heavy atom. The number of carbonyl (C=O) groups excluding carboxylic acids is 2. The Kier molecular flexibility index (Phi) is 5.67. The van der Waals surface area contributed by atoms with Crippen LogP contribution in [0.2, 0.25) is 10.3 Å². The maximum Gasteiger partial charge on any atom is 0.269 e. The van der Waals surface area contributed by atoms with E-state index >= 15 is 0 Å². The smallest absolute Gasteiger partial charge is 0.269 e. The van der Waals surface area contributed by atoms with Gasteiger partial charge in [-0.25, -0.2) is 4.98 Å². The van der Waals surface area contributed by atoms with Crippen molar-refractivity contribution in [1.82, 2.24) is 15.8 Å². The molecule has 0 aromatic carbocycles. The van der Waals surface area contributed by atoms with Crippen LogP contribution in [-0.2, 0) is 4.79 Å². The Balaban J connectivity index is 2.61. The lowest BCUT2D eigenvalue weighted by molar-refractivity contribution is -0.121. The molecule has 17 heavy (non-hydrogen) atoms. The van der Waals surface area contributed by atoms with Gasteiger partial charge in [-0.15, -0.1) is 0 Å².